The van der Waals surface area contributed by atoms with Crippen molar-refractivity contribution in [2.45, 2.75) is 26.2 Å². The molecule has 0 aliphatic heterocycles. The number of hydrogen-bond acceptors (Lipinski definition) is 2. The summed E-state index contributed by atoms with van der Waals surface area (Å²) >= 11 is 5.92. The second-order valence-corrected chi connectivity index (χ2v) is 6.56. The molecule has 0 saturated carbocycles. The second kappa shape index (κ2) is 5.74. The Morgan fingerprint density at radius 3 is 2.53 bits per heavy atom. The van der Waals surface area contributed by atoms with E-state index in [9.17, 15) is 8.42 Å². The van der Waals surface area contributed by atoms with Crippen LogP contribution in [0.1, 0.15) is 25.3 Å². The molecule has 0 spiro atoms. The van der Waals surface area contributed by atoms with Gasteiger partial charge in [0, 0.05) is 12.1 Å². The standard InChI is InChI=1S/C12H18ClNO2S/c1-4-5-6-10-7-8-11(13)9-12(10)14(2)17(3,15)16/h7-9H,4-6H2,1-3H3. The molecule has 3 nitrogen and oxygen atoms in total. The maximum Gasteiger partial charge on any atom is 0.232 e. The van der Waals surface area contributed by atoms with Crippen LogP contribution in [0.3, 0.4) is 0 Å². The molecule has 0 aliphatic carbocycles. The molecule has 0 amide bonds. The lowest BCUT2D eigenvalue weighted by Gasteiger charge is -2.20. The number of benzene rings is 1. The lowest BCUT2D eigenvalue weighted by Crippen LogP contribution is -2.25. The number of aryl methyl sites for hydroxylation is 1. The molecule has 0 fully saturated rings. The zero-order valence-corrected chi connectivity index (χ0v) is 12.0. The van der Waals surface area contributed by atoms with Crippen LogP contribution in [0.15, 0.2) is 18.2 Å². The molecule has 1 rings (SSSR count). The van der Waals surface area contributed by atoms with Gasteiger partial charge in [-0.15, -0.1) is 0 Å². The fourth-order valence-corrected chi connectivity index (χ4v) is 2.28. The Labute approximate surface area is 108 Å². The quantitative estimate of drug-likeness (QED) is 0.828. The topological polar surface area (TPSA) is 37.4 Å². The summed E-state index contributed by atoms with van der Waals surface area (Å²) in [7, 11) is -1.69. The van der Waals surface area contributed by atoms with Gasteiger partial charge in [0.2, 0.25) is 10.0 Å². The minimum Gasteiger partial charge on any atom is -0.273 e. The number of halogens is 1. The summed E-state index contributed by atoms with van der Waals surface area (Å²) in [6.45, 7) is 2.11. The van der Waals surface area contributed by atoms with Crippen LogP contribution in [-0.4, -0.2) is 21.7 Å². The summed E-state index contributed by atoms with van der Waals surface area (Å²) in [5, 5.41) is 0.552. The second-order valence-electron chi connectivity index (χ2n) is 4.11. The number of nitrogens with zero attached hydrogens (tertiary/aromatic N) is 1. The zero-order chi connectivity index (χ0) is 13.1. The first kappa shape index (κ1) is 14.3. The van der Waals surface area contributed by atoms with Gasteiger partial charge in [-0.3, -0.25) is 4.31 Å². The summed E-state index contributed by atoms with van der Waals surface area (Å²) in [5.74, 6) is 0. The molecule has 0 aliphatic rings. The molecule has 0 N–H and O–H groups in total. The SMILES string of the molecule is CCCCc1ccc(Cl)cc1N(C)S(C)(=O)=O. The van der Waals surface area contributed by atoms with Gasteiger partial charge in [0.05, 0.1) is 11.9 Å². The smallest absolute Gasteiger partial charge is 0.232 e. The number of unbranched alkanes of at least 4 members (excludes halogenated alkanes) is 1. The highest BCUT2D eigenvalue weighted by molar-refractivity contribution is 7.92. The van der Waals surface area contributed by atoms with Crippen molar-refractivity contribution in [3.63, 3.8) is 0 Å². The fraction of sp³-hybridized carbons (Fsp3) is 0.500. The van der Waals surface area contributed by atoms with Gasteiger partial charge in [0.25, 0.3) is 0 Å². The van der Waals surface area contributed by atoms with E-state index < -0.39 is 10.0 Å². The van der Waals surface area contributed by atoms with E-state index in [1.165, 1.54) is 10.6 Å². The van der Waals surface area contributed by atoms with E-state index in [0.29, 0.717) is 10.7 Å². The van der Waals surface area contributed by atoms with Crippen molar-refractivity contribution in [1.29, 1.82) is 0 Å². The van der Waals surface area contributed by atoms with Crippen molar-refractivity contribution >= 4 is 27.3 Å². The minimum atomic E-state index is -3.25. The molecular formula is C12H18ClNO2S. The fourth-order valence-electron chi connectivity index (χ4n) is 1.59. The molecule has 1 aromatic carbocycles. The third kappa shape index (κ3) is 3.89. The third-order valence-corrected chi connectivity index (χ3v) is 4.11. The van der Waals surface area contributed by atoms with E-state index in [4.69, 9.17) is 11.6 Å². The molecule has 0 saturated heterocycles. The lowest BCUT2D eigenvalue weighted by atomic mass is 10.1. The molecule has 0 aromatic heterocycles. The number of hydrogen-bond donors (Lipinski definition) is 0. The normalized spacial score (nSPS) is 11.5. The Kier molecular flexibility index (Phi) is 4.83. The Hall–Kier alpha value is -0.740. The minimum absolute atomic E-state index is 0.552. The van der Waals surface area contributed by atoms with Gasteiger partial charge < -0.3 is 0 Å². The maximum atomic E-state index is 11.6. The molecule has 0 bridgehead atoms. The van der Waals surface area contributed by atoms with Crippen LogP contribution in [0.2, 0.25) is 5.02 Å². The van der Waals surface area contributed by atoms with Crippen LogP contribution in [0.25, 0.3) is 0 Å². The lowest BCUT2D eigenvalue weighted by molar-refractivity contribution is 0.600. The van der Waals surface area contributed by atoms with E-state index in [2.05, 4.69) is 6.92 Å². The zero-order valence-electron chi connectivity index (χ0n) is 10.4. The van der Waals surface area contributed by atoms with Crippen LogP contribution in [-0.2, 0) is 16.4 Å². The highest BCUT2D eigenvalue weighted by atomic mass is 35.5. The van der Waals surface area contributed by atoms with Crippen molar-refractivity contribution < 1.29 is 8.42 Å². The summed E-state index contributed by atoms with van der Waals surface area (Å²) < 4.78 is 24.4. The van der Waals surface area contributed by atoms with Gasteiger partial charge in [0.15, 0.2) is 0 Å². The third-order valence-electron chi connectivity index (χ3n) is 2.68. The van der Waals surface area contributed by atoms with Gasteiger partial charge in [-0.25, -0.2) is 8.42 Å². The van der Waals surface area contributed by atoms with E-state index in [-0.39, 0.29) is 0 Å². The Morgan fingerprint density at radius 1 is 1.35 bits per heavy atom. The molecule has 1 aromatic rings. The van der Waals surface area contributed by atoms with E-state index in [0.717, 1.165) is 24.8 Å². The first-order valence-electron chi connectivity index (χ1n) is 5.58. The van der Waals surface area contributed by atoms with Crippen LogP contribution in [0.5, 0.6) is 0 Å². The van der Waals surface area contributed by atoms with Crippen molar-refractivity contribution in [3.8, 4) is 0 Å². The molecule has 5 heteroatoms. The molecule has 17 heavy (non-hydrogen) atoms. The predicted molar refractivity (Wildman–Crippen MR) is 73.3 cm³/mol. The van der Waals surface area contributed by atoms with Gasteiger partial charge in [0.1, 0.15) is 0 Å². The highest BCUT2D eigenvalue weighted by Gasteiger charge is 2.15. The van der Waals surface area contributed by atoms with Crippen LogP contribution < -0.4 is 4.31 Å². The van der Waals surface area contributed by atoms with Crippen molar-refractivity contribution in [2.75, 3.05) is 17.6 Å². The van der Waals surface area contributed by atoms with Crippen LogP contribution >= 0.6 is 11.6 Å². The largest absolute Gasteiger partial charge is 0.273 e. The first-order valence-corrected chi connectivity index (χ1v) is 7.81. The van der Waals surface area contributed by atoms with Gasteiger partial charge in [-0.2, -0.15) is 0 Å². The molecular weight excluding hydrogens is 258 g/mol. The summed E-state index contributed by atoms with van der Waals surface area (Å²) in [6.07, 6.45) is 4.16. The summed E-state index contributed by atoms with van der Waals surface area (Å²) in [6, 6.07) is 5.40. The number of rotatable bonds is 5. The van der Waals surface area contributed by atoms with Gasteiger partial charge >= 0.3 is 0 Å². The van der Waals surface area contributed by atoms with Crippen LogP contribution in [0.4, 0.5) is 5.69 Å². The van der Waals surface area contributed by atoms with Crippen LogP contribution in [0, 0.1) is 0 Å². The average molecular weight is 276 g/mol. The molecule has 0 atom stereocenters. The van der Waals surface area contributed by atoms with Gasteiger partial charge in [-0.1, -0.05) is 31.0 Å². The van der Waals surface area contributed by atoms with Crippen molar-refractivity contribution in [2.24, 2.45) is 0 Å². The van der Waals surface area contributed by atoms with E-state index in [1.54, 1.807) is 19.2 Å². The van der Waals surface area contributed by atoms with Crippen molar-refractivity contribution in [1.82, 2.24) is 0 Å². The van der Waals surface area contributed by atoms with Gasteiger partial charge in [-0.05, 0) is 30.5 Å². The highest BCUT2D eigenvalue weighted by Crippen LogP contribution is 2.27. The molecule has 96 valence electrons. The van der Waals surface area contributed by atoms with E-state index in [1.807, 2.05) is 6.07 Å². The Balaban J connectivity index is 3.15. The Morgan fingerprint density at radius 2 is 2.00 bits per heavy atom. The molecule has 0 heterocycles. The average Bonchev–Trinajstić information content (AvgIpc) is 2.25. The first-order chi connectivity index (χ1) is 7.86. The van der Waals surface area contributed by atoms with Crippen molar-refractivity contribution in [3.05, 3.63) is 28.8 Å². The molecule has 0 radical (unpaired) electrons. The maximum absolute atomic E-state index is 11.6. The molecule has 0 unspecified atom stereocenters. The monoisotopic (exact) mass is 275 g/mol. The number of sulfonamides is 1. The summed E-state index contributed by atoms with van der Waals surface area (Å²) in [5.41, 5.74) is 1.69. The van der Waals surface area contributed by atoms with E-state index >= 15 is 0 Å². The number of anilines is 1. The predicted octanol–water partition coefficient (Wildman–Crippen LogP) is 3.08. The summed E-state index contributed by atoms with van der Waals surface area (Å²) in [4.78, 5) is 0. The Bertz CT molecular complexity index is 485.